The van der Waals surface area contributed by atoms with E-state index in [0.717, 1.165) is 0 Å². The zero-order valence-corrected chi connectivity index (χ0v) is 9.29. The Kier molecular flexibility index (Phi) is 2.84. The van der Waals surface area contributed by atoms with Crippen LogP contribution >= 0.6 is 0 Å². The monoisotopic (exact) mass is 239 g/mol. The first-order valence-electron chi connectivity index (χ1n) is 5.28. The van der Waals surface area contributed by atoms with Crippen molar-refractivity contribution in [3.8, 4) is 0 Å². The zero-order valence-electron chi connectivity index (χ0n) is 9.29. The summed E-state index contributed by atoms with van der Waals surface area (Å²) < 4.78 is 1.24. The van der Waals surface area contributed by atoms with Gasteiger partial charge in [-0.3, -0.25) is 4.79 Å². The Morgan fingerprint density at radius 1 is 1.59 bits per heavy atom. The highest BCUT2D eigenvalue weighted by Gasteiger charge is 2.30. The van der Waals surface area contributed by atoms with Gasteiger partial charge in [-0.15, -0.1) is 0 Å². The molecule has 1 aliphatic carbocycles. The van der Waals surface area contributed by atoms with Crippen molar-refractivity contribution in [3.63, 3.8) is 0 Å². The predicted octanol–water partition coefficient (Wildman–Crippen LogP) is 0.186. The fourth-order valence-corrected chi connectivity index (χ4v) is 1.88. The van der Waals surface area contributed by atoms with Crippen LogP contribution in [0.4, 0.5) is 5.82 Å². The predicted molar refractivity (Wildman–Crippen MR) is 58.6 cm³/mol. The Labute approximate surface area is 97.2 Å². The summed E-state index contributed by atoms with van der Waals surface area (Å²) in [5.41, 5.74) is 0.248. The number of nitro groups is 1. The highest BCUT2D eigenvalue weighted by atomic mass is 16.6. The number of nitrogens with zero attached hydrogens (tertiary/aromatic N) is 2. The van der Waals surface area contributed by atoms with Crippen molar-refractivity contribution in [2.45, 2.75) is 25.0 Å². The van der Waals surface area contributed by atoms with Crippen LogP contribution < -0.4 is 5.32 Å². The number of carbonyl (C=O) groups excluding carboxylic acids is 1. The standard InChI is InChI=1S/C10H13N3O4/c1-12-8(2-3-9(12)13(16)17)10(15)11-6-4-7(14)5-6/h2-3,6-7,14H,4-5H2,1H3,(H,11,15). The van der Waals surface area contributed by atoms with Crippen LogP contribution in [0, 0.1) is 10.1 Å². The number of hydrogen-bond donors (Lipinski definition) is 2. The molecule has 1 fully saturated rings. The summed E-state index contributed by atoms with van der Waals surface area (Å²) in [5, 5.41) is 22.4. The smallest absolute Gasteiger partial charge is 0.323 e. The third kappa shape index (κ3) is 2.14. The van der Waals surface area contributed by atoms with Crippen molar-refractivity contribution in [2.75, 3.05) is 0 Å². The van der Waals surface area contributed by atoms with E-state index in [1.165, 1.54) is 23.7 Å². The van der Waals surface area contributed by atoms with E-state index in [1.807, 2.05) is 0 Å². The number of hydrogen-bond acceptors (Lipinski definition) is 4. The van der Waals surface area contributed by atoms with E-state index in [0.29, 0.717) is 12.8 Å². The first-order chi connectivity index (χ1) is 7.99. The minimum absolute atomic E-state index is 0.0357. The van der Waals surface area contributed by atoms with Crippen LogP contribution in [-0.4, -0.2) is 32.6 Å². The molecule has 0 aromatic carbocycles. The van der Waals surface area contributed by atoms with Crippen LogP contribution in [0.15, 0.2) is 12.1 Å². The van der Waals surface area contributed by atoms with Gasteiger partial charge in [0.05, 0.1) is 13.2 Å². The number of aromatic nitrogens is 1. The molecule has 1 aromatic rings. The molecule has 0 spiro atoms. The highest BCUT2D eigenvalue weighted by Crippen LogP contribution is 2.21. The fourth-order valence-electron chi connectivity index (χ4n) is 1.88. The average molecular weight is 239 g/mol. The molecule has 0 bridgehead atoms. The van der Waals surface area contributed by atoms with Crippen molar-refractivity contribution in [1.82, 2.24) is 9.88 Å². The minimum Gasteiger partial charge on any atom is -0.393 e. The van der Waals surface area contributed by atoms with Crippen molar-refractivity contribution >= 4 is 11.7 Å². The Hall–Kier alpha value is -1.89. The molecule has 17 heavy (non-hydrogen) atoms. The van der Waals surface area contributed by atoms with Crippen molar-refractivity contribution in [2.24, 2.45) is 7.05 Å². The van der Waals surface area contributed by atoms with Crippen LogP contribution in [0.1, 0.15) is 23.3 Å². The molecule has 1 aromatic heterocycles. The number of amides is 1. The molecule has 0 aliphatic heterocycles. The molecule has 2 rings (SSSR count). The summed E-state index contributed by atoms with van der Waals surface area (Å²) in [6.45, 7) is 0. The lowest BCUT2D eigenvalue weighted by Gasteiger charge is -2.31. The molecule has 1 heterocycles. The van der Waals surface area contributed by atoms with Gasteiger partial charge in [0, 0.05) is 12.1 Å². The third-order valence-electron chi connectivity index (χ3n) is 2.96. The lowest BCUT2D eigenvalue weighted by Crippen LogP contribution is -2.47. The Balaban J connectivity index is 2.06. The van der Waals surface area contributed by atoms with Gasteiger partial charge in [0.15, 0.2) is 5.69 Å². The molecular formula is C10H13N3O4. The van der Waals surface area contributed by atoms with E-state index in [9.17, 15) is 14.9 Å². The SMILES string of the molecule is Cn1c(C(=O)NC2CC(O)C2)ccc1[N+](=O)[O-]. The van der Waals surface area contributed by atoms with E-state index in [4.69, 9.17) is 5.11 Å². The molecule has 2 N–H and O–H groups in total. The number of aliphatic hydroxyl groups is 1. The molecule has 0 saturated heterocycles. The van der Waals surface area contributed by atoms with Crippen LogP contribution in [0.2, 0.25) is 0 Å². The summed E-state index contributed by atoms with van der Waals surface area (Å²) in [4.78, 5) is 21.8. The van der Waals surface area contributed by atoms with E-state index in [-0.39, 0.29) is 29.6 Å². The van der Waals surface area contributed by atoms with Crippen LogP contribution in [0.25, 0.3) is 0 Å². The Morgan fingerprint density at radius 2 is 2.24 bits per heavy atom. The largest absolute Gasteiger partial charge is 0.393 e. The first kappa shape index (κ1) is 11.6. The summed E-state index contributed by atoms with van der Waals surface area (Å²) in [5.74, 6) is -0.471. The molecule has 0 unspecified atom stereocenters. The van der Waals surface area contributed by atoms with Gasteiger partial charge >= 0.3 is 5.82 Å². The van der Waals surface area contributed by atoms with Gasteiger partial charge in [-0.1, -0.05) is 0 Å². The first-order valence-corrected chi connectivity index (χ1v) is 5.28. The second-order valence-electron chi connectivity index (χ2n) is 4.19. The minimum atomic E-state index is -0.538. The maximum Gasteiger partial charge on any atom is 0.323 e. The van der Waals surface area contributed by atoms with Gasteiger partial charge < -0.3 is 20.5 Å². The molecule has 0 atom stereocenters. The summed E-state index contributed by atoms with van der Waals surface area (Å²) >= 11 is 0. The van der Waals surface area contributed by atoms with E-state index in [1.54, 1.807) is 0 Å². The molecule has 7 nitrogen and oxygen atoms in total. The normalized spacial score (nSPS) is 22.9. The van der Waals surface area contributed by atoms with Crippen molar-refractivity contribution in [1.29, 1.82) is 0 Å². The summed E-state index contributed by atoms with van der Waals surface area (Å²) in [7, 11) is 1.47. The lowest BCUT2D eigenvalue weighted by molar-refractivity contribution is -0.391. The van der Waals surface area contributed by atoms with Crippen LogP contribution in [0.5, 0.6) is 0 Å². The zero-order chi connectivity index (χ0) is 12.6. The second kappa shape index (κ2) is 4.17. The quantitative estimate of drug-likeness (QED) is 0.581. The number of rotatable bonds is 3. The van der Waals surface area contributed by atoms with Crippen LogP contribution in [-0.2, 0) is 7.05 Å². The van der Waals surface area contributed by atoms with Gasteiger partial charge in [0.2, 0.25) is 0 Å². The number of carbonyl (C=O) groups is 1. The van der Waals surface area contributed by atoms with Crippen molar-refractivity contribution < 1.29 is 14.8 Å². The maximum absolute atomic E-state index is 11.8. The number of aliphatic hydroxyl groups excluding tert-OH is 1. The third-order valence-corrected chi connectivity index (χ3v) is 2.96. The highest BCUT2D eigenvalue weighted by molar-refractivity contribution is 5.93. The van der Waals surface area contributed by atoms with Gasteiger partial charge in [0.25, 0.3) is 5.91 Å². The molecule has 0 radical (unpaired) electrons. The molecule has 1 amide bonds. The topological polar surface area (TPSA) is 97.4 Å². The lowest BCUT2D eigenvalue weighted by atomic mass is 9.89. The Morgan fingerprint density at radius 3 is 2.71 bits per heavy atom. The maximum atomic E-state index is 11.8. The van der Waals surface area contributed by atoms with Gasteiger partial charge in [-0.2, -0.15) is 0 Å². The molecule has 92 valence electrons. The molecular weight excluding hydrogens is 226 g/mol. The average Bonchev–Trinajstić information content (AvgIpc) is 2.57. The fraction of sp³-hybridized carbons (Fsp3) is 0.500. The van der Waals surface area contributed by atoms with Crippen LogP contribution in [0.3, 0.4) is 0 Å². The Bertz CT molecular complexity index is 462. The van der Waals surface area contributed by atoms with E-state index in [2.05, 4.69) is 5.32 Å². The molecule has 1 saturated carbocycles. The summed E-state index contributed by atoms with van der Waals surface area (Å²) in [6, 6.07) is 2.68. The van der Waals surface area contributed by atoms with Gasteiger partial charge in [-0.05, 0) is 23.8 Å². The second-order valence-corrected chi connectivity index (χ2v) is 4.19. The van der Waals surface area contributed by atoms with E-state index >= 15 is 0 Å². The van der Waals surface area contributed by atoms with Crippen molar-refractivity contribution in [3.05, 3.63) is 27.9 Å². The van der Waals surface area contributed by atoms with Gasteiger partial charge in [-0.25, -0.2) is 4.57 Å². The summed E-state index contributed by atoms with van der Waals surface area (Å²) in [6.07, 6.45) is 0.735. The molecule has 7 heteroatoms. The van der Waals surface area contributed by atoms with Gasteiger partial charge in [0.1, 0.15) is 0 Å². The number of nitrogens with one attached hydrogen (secondary N) is 1. The van der Waals surface area contributed by atoms with E-state index < -0.39 is 4.92 Å². The molecule has 1 aliphatic rings.